The molecule has 4 aromatic rings. The fourth-order valence-corrected chi connectivity index (χ4v) is 4.92. The maximum atomic E-state index is 12.9. The van der Waals surface area contributed by atoms with Crippen LogP contribution >= 0.6 is 0 Å². The Kier molecular flexibility index (Phi) is 5.03. The molecule has 5 rings (SSSR count). The van der Waals surface area contributed by atoms with E-state index in [1.54, 1.807) is 36.4 Å². The van der Waals surface area contributed by atoms with Gasteiger partial charge in [0, 0.05) is 16.8 Å². The number of hydrogen-bond donors (Lipinski definition) is 1. The lowest BCUT2D eigenvalue weighted by Crippen LogP contribution is -2.14. The van der Waals surface area contributed by atoms with Gasteiger partial charge in [0.05, 0.1) is 4.90 Å². The first-order chi connectivity index (χ1) is 15.1. The fraction of sp³-hybridized carbons (Fsp3) is 0.167. The molecule has 0 spiro atoms. The van der Waals surface area contributed by atoms with Crippen LogP contribution < -0.4 is 4.72 Å². The van der Waals surface area contributed by atoms with E-state index in [1.165, 1.54) is 5.56 Å². The number of fused-ring (bicyclic) bond motifs is 1. The molecule has 1 N–H and O–H groups in total. The maximum absolute atomic E-state index is 12.9. The molecule has 0 unspecified atom stereocenters. The second-order valence-electron chi connectivity index (χ2n) is 7.60. The first-order valence-electron chi connectivity index (χ1n) is 10.2. The molecule has 6 nitrogen and oxygen atoms in total. The van der Waals surface area contributed by atoms with Crippen molar-refractivity contribution in [3.8, 4) is 22.9 Å². The van der Waals surface area contributed by atoms with E-state index in [0.29, 0.717) is 27.9 Å². The molecule has 7 heteroatoms. The van der Waals surface area contributed by atoms with E-state index >= 15 is 0 Å². The molecule has 0 amide bonds. The van der Waals surface area contributed by atoms with E-state index < -0.39 is 10.0 Å². The van der Waals surface area contributed by atoms with Crippen molar-refractivity contribution < 1.29 is 12.8 Å². The second-order valence-corrected chi connectivity index (χ2v) is 9.28. The average Bonchev–Trinajstić information content (AvgIpc) is 3.30. The summed E-state index contributed by atoms with van der Waals surface area (Å²) in [6.07, 6.45) is 4.22. The molecule has 0 fully saturated rings. The summed E-state index contributed by atoms with van der Waals surface area (Å²) in [6.45, 7) is 0. The Morgan fingerprint density at radius 2 is 1.39 bits per heavy atom. The zero-order chi connectivity index (χ0) is 21.3. The van der Waals surface area contributed by atoms with Gasteiger partial charge >= 0.3 is 0 Å². The third-order valence-electron chi connectivity index (χ3n) is 5.46. The number of anilines is 1. The van der Waals surface area contributed by atoms with Gasteiger partial charge in [-0.05, 0) is 85.3 Å². The number of nitrogens with one attached hydrogen (secondary N) is 1. The maximum Gasteiger partial charge on any atom is 0.261 e. The van der Waals surface area contributed by atoms with Crippen LogP contribution in [0.4, 0.5) is 5.69 Å². The quantitative estimate of drug-likeness (QED) is 0.476. The molecule has 1 heterocycles. The van der Waals surface area contributed by atoms with Crippen LogP contribution in [0.15, 0.2) is 82.1 Å². The third-order valence-corrected chi connectivity index (χ3v) is 6.84. The van der Waals surface area contributed by atoms with Gasteiger partial charge < -0.3 is 4.42 Å². The van der Waals surface area contributed by atoms with E-state index in [-0.39, 0.29) is 0 Å². The number of aromatic nitrogens is 2. The number of nitrogens with zero attached hydrogens (tertiary/aromatic N) is 2. The van der Waals surface area contributed by atoms with Gasteiger partial charge in [-0.2, -0.15) is 0 Å². The molecule has 0 saturated heterocycles. The summed E-state index contributed by atoms with van der Waals surface area (Å²) in [4.78, 5) is 0.293. The molecular formula is C24H21N3O3S. The van der Waals surface area contributed by atoms with Gasteiger partial charge in [-0.1, -0.05) is 24.3 Å². The van der Waals surface area contributed by atoms with E-state index in [1.807, 2.05) is 36.4 Å². The molecule has 1 aromatic heterocycles. The Bertz CT molecular complexity index is 1310. The molecule has 0 bridgehead atoms. The molecule has 0 aliphatic heterocycles. The van der Waals surface area contributed by atoms with Crippen molar-refractivity contribution in [2.45, 2.75) is 30.6 Å². The number of rotatable bonds is 5. The highest BCUT2D eigenvalue weighted by Crippen LogP contribution is 2.27. The van der Waals surface area contributed by atoms with Crippen molar-refractivity contribution in [1.29, 1.82) is 0 Å². The zero-order valence-electron chi connectivity index (χ0n) is 16.8. The van der Waals surface area contributed by atoms with Crippen molar-refractivity contribution in [3.05, 3.63) is 83.9 Å². The highest BCUT2D eigenvalue weighted by atomic mass is 32.2. The molecule has 0 radical (unpaired) electrons. The van der Waals surface area contributed by atoms with Crippen LogP contribution in [-0.2, 0) is 22.9 Å². The van der Waals surface area contributed by atoms with Crippen molar-refractivity contribution in [1.82, 2.24) is 10.2 Å². The Balaban J connectivity index is 1.34. The number of sulfonamides is 1. The van der Waals surface area contributed by atoms with Crippen LogP contribution in [0.3, 0.4) is 0 Å². The predicted molar refractivity (Wildman–Crippen MR) is 119 cm³/mol. The van der Waals surface area contributed by atoms with Crippen molar-refractivity contribution in [2.24, 2.45) is 0 Å². The number of benzene rings is 3. The van der Waals surface area contributed by atoms with Gasteiger partial charge in [-0.15, -0.1) is 10.2 Å². The van der Waals surface area contributed by atoms with Crippen molar-refractivity contribution in [2.75, 3.05) is 4.72 Å². The van der Waals surface area contributed by atoms with Crippen LogP contribution in [0, 0.1) is 0 Å². The molecule has 1 aliphatic carbocycles. The highest BCUT2D eigenvalue weighted by molar-refractivity contribution is 7.92. The van der Waals surface area contributed by atoms with Crippen molar-refractivity contribution >= 4 is 15.7 Å². The minimum atomic E-state index is -3.66. The smallest absolute Gasteiger partial charge is 0.261 e. The van der Waals surface area contributed by atoms with Crippen LogP contribution in [0.25, 0.3) is 22.9 Å². The monoisotopic (exact) mass is 431 g/mol. The van der Waals surface area contributed by atoms with E-state index in [0.717, 1.165) is 36.8 Å². The lowest BCUT2D eigenvalue weighted by molar-refractivity contribution is 0.584. The van der Waals surface area contributed by atoms with Crippen LogP contribution in [-0.4, -0.2) is 18.6 Å². The second kappa shape index (κ2) is 8.00. The molecule has 156 valence electrons. The topological polar surface area (TPSA) is 85.1 Å². The average molecular weight is 432 g/mol. The van der Waals surface area contributed by atoms with Crippen LogP contribution in [0.5, 0.6) is 0 Å². The summed E-state index contributed by atoms with van der Waals surface area (Å²) in [7, 11) is -3.66. The molecule has 31 heavy (non-hydrogen) atoms. The number of hydrogen-bond acceptors (Lipinski definition) is 5. The minimum Gasteiger partial charge on any atom is -0.416 e. The Labute approximate surface area is 181 Å². The first kappa shape index (κ1) is 19.5. The minimum absolute atomic E-state index is 0.293. The summed E-state index contributed by atoms with van der Waals surface area (Å²) < 4.78 is 34.1. The SMILES string of the molecule is O=S(=O)(Nc1ccc(-c2nnc(-c3ccccc3)o2)cc1)c1ccc2c(c1)CCCC2. The van der Waals surface area contributed by atoms with Gasteiger partial charge in [-0.3, -0.25) is 4.72 Å². The lowest BCUT2D eigenvalue weighted by Gasteiger charge is -2.17. The van der Waals surface area contributed by atoms with E-state index in [4.69, 9.17) is 4.42 Å². The standard InChI is InChI=1S/C24H21N3O3S/c28-31(29,22-15-12-17-6-4-5-9-20(17)16-22)27-21-13-10-19(11-14-21)24-26-25-23(30-24)18-7-2-1-3-8-18/h1-3,7-8,10-16,27H,4-6,9H2. The fourth-order valence-electron chi connectivity index (χ4n) is 3.81. The van der Waals surface area contributed by atoms with Gasteiger partial charge in [0.1, 0.15) is 0 Å². The lowest BCUT2D eigenvalue weighted by atomic mass is 9.92. The molecule has 0 saturated carbocycles. The summed E-state index contributed by atoms with van der Waals surface area (Å²) in [5.41, 5.74) is 4.42. The summed E-state index contributed by atoms with van der Waals surface area (Å²) >= 11 is 0. The summed E-state index contributed by atoms with van der Waals surface area (Å²) in [5.74, 6) is 0.815. The third kappa shape index (κ3) is 4.09. The van der Waals surface area contributed by atoms with Crippen molar-refractivity contribution in [3.63, 3.8) is 0 Å². The molecule has 0 atom stereocenters. The Morgan fingerprint density at radius 1 is 0.742 bits per heavy atom. The molecule has 3 aromatic carbocycles. The molecule has 1 aliphatic rings. The van der Waals surface area contributed by atoms with Gasteiger partial charge in [0.15, 0.2) is 0 Å². The molecular weight excluding hydrogens is 410 g/mol. The van der Waals surface area contributed by atoms with Crippen LogP contribution in [0.2, 0.25) is 0 Å². The predicted octanol–water partition coefficient (Wildman–Crippen LogP) is 5.08. The Morgan fingerprint density at radius 3 is 2.10 bits per heavy atom. The highest BCUT2D eigenvalue weighted by Gasteiger charge is 2.18. The van der Waals surface area contributed by atoms with Crippen LogP contribution in [0.1, 0.15) is 24.0 Å². The Hall–Kier alpha value is -3.45. The summed E-state index contributed by atoms with van der Waals surface area (Å²) in [6, 6.07) is 21.8. The van der Waals surface area contributed by atoms with Gasteiger partial charge in [0.25, 0.3) is 10.0 Å². The zero-order valence-corrected chi connectivity index (χ0v) is 17.6. The number of aryl methyl sites for hydroxylation is 2. The van der Waals surface area contributed by atoms with E-state index in [9.17, 15) is 8.42 Å². The normalized spacial score (nSPS) is 13.5. The van der Waals surface area contributed by atoms with E-state index in [2.05, 4.69) is 14.9 Å². The largest absolute Gasteiger partial charge is 0.416 e. The summed E-state index contributed by atoms with van der Waals surface area (Å²) in [5, 5.41) is 8.19. The van der Waals surface area contributed by atoms with Gasteiger partial charge in [-0.25, -0.2) is 8.42 Å². The van der Waals surface area contributed by atoms with Gasteiger partial charge in [0.2, 0.25) is 11.8 Å². The first-order valence-corrected chi connectivity index (χ1v) is 11.7.